The summed E-state index contributed by atoms with van der Waals surface area (Å²) >= 11 is 0. The van der Waals surface area contributed by atoms with Gasteiger partial charge < -0.3 is 5.11 Å². The minimum atomic E-state index is -0.369. The molecule has 0 aliphatic heterocycles. The number of aliphatic hydroxyl groups is 1. The summed E-state index contributed by atoms with van der Waals surface area (Å²) in [7, 11) is 0. The van der Waals surface area contributed by atoms with E-state index in [-0.39, 0.29) is 12.0 Å². The molecule has 3 aromatic carbocycles. The van der Waals surface area contributed by atoms with E-state index in [0.717, 1.165) is 6.42 Å². The Balaban J connectivity index is 1.95. The minimum Gasteiger partial charge on any atom is -0.393 e. The van der Waals surface area contributed by atoms with Crippen LogP contribution in [0.3, 0.4) is 0 Å². The van der Waals surface area contributed by atoms with Gasteiger partial charge in [0.15, 0.2) is 0 Å². The smallest absolute Gasteiger partial charge is 0.0583 e. The van der Waals surface area contributed by atoms with Crippen LogP contribution in [-0.2, 0) is 6.42 Å². The van der Waals surface area contributed by atoms with Crippen molar-refractivity contribution >= 4 is 10.8 Å². The monoisotopic (exact) mass is 276 g/mol. The average molecular weight is 276 g/mol. The number of hydrogen-bond donors (Lipinski definition) is 1. The molecule has 21 heavy (non-hydrogen) atoms. The molecule has 0 amide bonds. The standard InChI is InChI=1S/C20H20O/c1-15(21)20(13-16-7-3-2-4-8-16)19-12-11-17-9-5-6-10-18(17)14-19/h2-12,14-15,20-21H,13H2,1H3. The lowest BCUT2D eigenvalue weighted by Crippen LogP contribution is -2.17. The number of benzene rings is 3. The largest absolute Gasteiger partial charge is 0.393 e. The van der Waals surface area contributed by atoms with Gasteiger partial charge in [-0.2, -0.15) is 0 Å². The van der Waals surface area contributed by atoms with Crippen LogP contribution in [0.5, 0.6) is 0 Å². The number of aliphatic hydroxyl groups excluding tert-OH is 1. The molecule has 106 valence electrons. The first-order valence-corrected chi connectivity index (χ1v) is 7.45. The fourth-order valence-corrected chi connectivity index (χ4v) is 2.87. The van der Waals surface area contributed by atoms with Gasteiger partial charge in [-0.15, -0.1) is 0 Å². The maximum absolute atomic E-state index is 10.2. The van der Waals surface area contributed by atoms with E-state index >= 15 is 0 Å². The summed E-state index contributed by atoms with van der Waals surface area (Å²) in [6.07, 6.45) is 0.489. The second-order valence-electron chi connectivity index (χ2n) is 5.64. The third-order valence-electron chi connectivity index (χ3n) is 4.08. The highest BCUT2D eigenvalue weighted by Crippen LogP contribution is 2.27. The van der Waals surface area contributed by atoms with Crippen LogP contribution < -0.4 is 0 Å². The molecule has 1 heteroatoms. The molecular weight excluding hydrogens is 256 g/mol. The van der Waals surface area contributed by atoms with Crippen LogP contribution in [-0.4, -0.2) is 11.2 Å². The Morgan fingerprint density at radius 3 is 2.19 bits per heavy atom. The van der Waals surface area contributed by atoms with Crippen LogP contribution in [0.15, 0.2) is 72.8 Å². The Morgan fingerprint density at radius 2 is 1.48 bits per heavy atom. The lowest BCUT2D eigenvalue weighted by atomic mass is 9.87. The summed E-state index contributed by atoms with van der Waals surface area (Å²) in [5.41, 5.74) is 2.46. The molecule has 0 fully saturated rings. The predicted molar refractivity (Wildman–Crippen MR) is 88.5 cm³/mol. The zero-order chi connectivity index (χ0) is 14.7. The Labute approximate surface area is 125 Å². The average Bonchev–Trinajstić information content (AvgIpc) is 2.53. The summed E-state index contributed by atoms with van der Waals surface area (Å²) in [5.74, 6) is 0.122. The van der Waals surface area contributed by atoms with Gasteiger partial charge in [-0.1, -0.05) is 72.8 Å². The van der Waals surface area contributed by atoms with E-state index in [2.05, 4.69) is 66.7 Å². The molecule has 3 rings (SSSR count). The topological polar surface area (TPSA) is 20.2 Å². The normalized spacial score (nSPS) is 14.0. The SMILES string of the molecule is CC(O)C(Cc1ccccc1)c1ccc2ccccc2c1. The molecule has 1 nitrogen and oxygen atoms in total. The zero-order valence-corrected chi connectivity index (χ0v) is 12.2. The van der Waals surface area contributed by atoms with Crippen LogP contribution in [0.25, 0.3) is 10.8 Å². The minimum absolute atomic E-state index is 0.122. The molecular formula is C20H20O. The van der Waals surface area contributed by atoms with E-state index < -0.39 is 0 Å². The van der Waals surface area contributed by atoms with Crippen molar-refractivity contribution in [3.63, 3.8) is 0 Å². The van der Waals surface area contributed by atoms with E-state index in [1.807, 2.05) is 13.0 Å². The van der Waals surface area contributed by atoms with Crippen molar-refractivity contribution in [1.82, 2.24) is 0 Å². The summed E-state index contributed by atoms with van der Waals surface area (Å²) in [5, 5.41) is 12.7. The van der Waals surface area contributed by atoms with Gasteiger partial charge in [0.25, 0.3) is 0 Å². The molecule has 2 atom stereocenters. The molecule has 3 aromatic rings. The lowest BCUT2D eigenvalue weighted by molar-refractivity contribution is 0.161. The van der Waals surface area contributed by atoms with Crippen molar-refractivity contribution in [3.05, 3.63) is 83.9 Å². The molecule has 2 unspecified atom stereocenters. The quantitative estimate of drug-likeness (QED) is 0.741. The van der Waals surface area contributed by atoms with Gasteiger partial charge in [0.2, 0.25) is 0 Å². The molecule has 0 aliphatic carbocycles. The van der Waals surface area contributed by atoms with Gasteiger partial charge >= 0.3 is 0 Å². The first kappa shape index (κ1) is 13.8. The van der Waals surface area contributed by atoms with E-state index in [1.54, 1.807) is 0 Å². The van der Waals surface area contributed by atoms with E-state index in [4.69, 9.17) is 0 Å². The highest BCUT2D eigenvalue weighted by molar-refractivity contribution is 5.83. The Hall–Kier alpha value is -2.12. The zero-order valence-electron chi connectivity index (χ0n) is 12.2. The second kappa shape index (κ2) is 6.11. The molecule has 0 saturated heterocycles. The van der Waals surface area contributed by atoms with Crippen LogP contribution in [0, 0.1) is 0 Å². The molecule has 0 radical (unpaired) electrons. The highest BCUT2D eigenvalue weighted by Gasteiger charge is 2.18. The summed E-state index contributed by atoms with van der Waals surface area (Å²) in [6, 6.07) is 25.2. The summed E-state index contributed by atoms with van der Waals surface area (Å²) in [6.45, 7) is 1.88. The van der Waals surface area contributed by atoms with E-state index in [0.29, 0.717) is 0 Å². The third kappa shape index (κ3) is 3.14. The van der Waals surface area contributed by atoms with Crippen LogP contribution in [0.1, 0.15) is 24.0 Å². The Morgan fingerprint density at radius 1 is 0.810 bits per heavy atom. The summed E-state index contributed by atoms with van der Waals surface area (Å²) in [4.78, 5) is 0. The van der Waals surface area contributed by atoms with Gasteiger partial charge in [0.05, 0.1) is 6.10 Å². The first-order valence-electron chi connectivity index (χ1n) is 7.45. The summed E-state index contributed by atoms with van der Waals surface area (Å²) < 4.78 is 0. The predicted octanol–water partition coefficient (Wildman–Crippen LogP) is 4.55. The number of rotatable bonds is 4. The second-order valence-corrected chi connectivity index (χ2v) is 5.64. The van der Waals surface area contributed by atoms with Crippen molar-refractivity contribution in [2.24, 2.45) is 0 Å². The third-order valence-corrected chi connectivity index (χ3v) is 4.08. The van der Waals surface area contributed by atoms with E-state index in [9.17, 15) is 5.11 Å². The molecule has 0 heterocycles. The van der Waals surface area contributed by atoms with Crippen molar-refractivity contribution in [2.45, 2.75) is 25.4 Å². The molecule has 0 saturated carbocycles. The van der Waals surface area contributed by atoms with Gasteiger partial charge in [0, 0.05) is 5.92 Å². The van der Waals surface area contributed by atoms with Gasteiger partial charge in [0.1, 0.15) is 0 Å². The van der Waals surface area contributed by atoms with Crippen molar-refractivity contribution < 1.29 is 5.11 Å². The lowest BCUT2D eigenvalue weighted by Gasteiger charge is -2.21. The van der Waals surface area contributed by atoms with Crippen molar-refractivity contribution in [1.29, 1.82) is 0 Å². The van der Waals surface area contributed by atoms with Crippen LogP contribution in [0.4, 0.5) is 0 Å². The Kier molecular flexibility index (Phi) is 4.03. The number of fused-ring (bicyclic) bond motifs is 1. The highest BCUT2D eigenvalue weighted by atomic mass is 16.3. The van der Waals surface area contributed by atoms with Crippen molar-refractivity contribution in [2.75, 3.05) is 0 Å². The van der Waals surface area contributed by atoms with Crippen LogP contribution in [0.2, 0.25) is 0 Å². The first-order chi connectivity index (χ1) is 10.2. The van der Waals surface area contributed by atoms with E-state index in [1.165, 1.54) is 21.9 Å². The fraction of sp³-hybridized carbons (Fsp3) is 0.200. The van der Waals surface area contributed by atoms with Gasteiger partial charge in [-0.25, -0.2) is 0 Å². The molecule has 1 N–H and O–H groups in total. The fourth-order valence-electron chi connectivity index (χ4n) is 2.87. The van der Waals surface area contributed by atoms with Gasteiger partial charge in [-0.05, 0) is 35.2 Å². The van der Waals surface area contributed by atoms with Gasteiger partial charge in [-0.3, -0.25) is 0 Å². The van der Waals surface area contributed by atoms with Crippen molar-refractivity contribution in [3.8, 4) is 0 Å². The Bertz CT molecular complexity index is 716. The molecule has 0 spiro atoms. The van der Waals surface area contributed by atoms with Crippen LogP contribution >= 0.6 is 0 Å². The molecule has 0 bridgehead atoms. The molecule has 0 aromatic heterocycles. The molecule has 0 aliphatic rings. The maximum atomic E-state index is 10.2. The maximum Gasteiger partial charge on any atom is 0.0583 e. The number of hydrogen-bond acceptors (Lipinski definition) is 1.